The maximum Gasteiger partial charge on any atom is 0.258 e. The fourth-order valence-corrected chi connectivity index (χ4v) is 5.07. The lowest BCUT2D eigenvalue weighted by Crippen LogP contribution is -2.31. The number of hydrogen-bond acceptors (Lipinski definition) is 4. The summed E-state index contributed by atoms with van der Waals surface area (Å²) in [6.45, 7) is 5.68. The smallest absolute Gasteiger partial charge is 0.258 e. The van der Waals surface area contributed by atoms with Crippen molar-refractivity contribution in [1.29, 1.82) is 0 Å². The molecule has 0 atom stereocenters. The third kappa shape index (κ3) is 4.46. The van der Waals surface area contributed by atoms with Crippen LogP contribution in [0.3, 0.4) is 0 Å². The molecule has 2 aromatic carbocycles. The summed E-state index contributed by atoms with van der Waals surface area (Å²) in [5.74, 6) is -2.54. The molecule has 162 valence electrons. The number of rotatable bonds is 7. The average molecular weight is 438 g/mol. The Labute approximate surface area is 175 Å². The second-order valence-corrected chi connectivity index (χ2v) is 8.98. The molecule has 0 radical (unpaired) electrons. The van der Waals surface area contributed by atoms with Crippen molar-refractivity contribution in [2.75, 3.05) is 36.4 Å². The Hall–Kier alpha value is -2.52. The lowest BCUT2D eigenvalue weighted by molar-refractivity contribution is 0.102. The summed E-state index contributed by atoms with van der Waals surface area (Å²) in [5.41, 5.74) is 0.626. The highest BCUT2D eigenvalue weighted by molar-refractivity contribution is 7.89. The predicted octanol–water partition coefficient (Wildman–Crippen LogP) is 3.85. The molecular formula is C21H25F2N3O3S. The fraction of sp³-hybridized carbons (Fsp3) is 0.381. The molecule has 1 amide bonds. The van der Waals surface area contributed by atoms with Crippen molar-refractivity contribution in [1.82, 2.24) is 4.31 Å². The Bertz CT molecular complexity index is 1030. The summed E-state index contributed by atoms with van der Waals surface area (Å²) in [4.78, 5) is 14.8. The summed E-state index contributed by atoms with van der Waals surface area (Å²) in [7, 11) is -3.74. The number of halogens is 2. The molecule has 0 aliphatic carbocycles. The first-order valence-corrected chi connectivity index (χ1v) is 11.4. The Kier molecular flexibility index (Phi) is 6.72. The zero-order valence-electron chi connectivity index (χ0n) is 17.0. The Balaban J connectivity index is 2.02. The molecule has 30 heavy (non-hydrogen) atoms. The quantitative estimate of drug-likeness (QED) is 0.715. The molecule has 2 aromatic rings. The van der Waals surface area contributed by atoms with Gasteiger partial charge in [0, 0.05) is 32.2 Å². The first kappa shape index (κ1) is 22.2. The highest BCUT2D eigenvalue weighted by Gasteiger charge is 2.25. The van der Waals surface area contributed by atoms with Crippen LogP contribution in [0.1, 0.15) is 37.0 Å². The van der Waals surface area contributed by atoms with E-state index in [4.69, 9.17) is 0 Å². The monoisotopic (exact) mass is 437 g/mol. The molecule has 0 bridgehead atoms. The molecular weight excluding hydrogens is 412 g/mol. The summed E-state index contributed by atoms with van der Waals surface area (Å²) < 4.78 is 54.4. The van der Waals surface area contributed by atoms with Gasteiger partial charge in [-0.25, -0.2) is 17.2 Å². The van der Waals surface area contributed by atoms with E-state index in [1.807, 2.05) is 4.90 Å². The normalized spacial score (nSPS) is 14.4. The first-order chi connectivity index (χ1) is 14.3. The zero-order valence-corrected chi connectivity index (χ0v) is 17.8. The largest absolute Gasteiger partial charge is 0.370 e. The Morgan fingerprint density at radius 3 is 2.33 bits per heavy atom. The van der Waals surface area contributed by atoms with E-state index in [-0.39, 0.29) is 16.1 Å². The molecule has 1 fully saturated rings. The van der Waals surface area contributed by atoms with Crippen molar-refractivity contribution in [3.8, 4) is 0 Å². The second-order valence-electron chi connectivity index (χ2n) is 7.04. The van der Waals surface area contributed by atoms with Gasteiger partial charge in [-0.1, -0.05) is 13.8 Å². The van der Waals surface area contributed by atoms with Gasteiger partial charge in [-0.15, -0.1) is 0 Å². The number of sulfonamides is 1. The SMILES string of the molecule is CCN(CC)S(=O)(=O)c1ccc(N2CCCC2)c(NC(=O)c2ccc(F)cc2F)c1. The van der Waals surface area contributed by atoms with Gasteiger partial charge in [0.2, 0.25) is 10.0 Å². The number of anilines is 2. The van der Waals surface area contributed by atoms with Gasteiger partial charge in [-0.05, 0) is 43.2 Å². The van der Waals surface area contributed by atoms with Gasteiger partial charge in [-0.3, -0.25) is 4.79 Å². The standard InChI is InChI=1S/C21H25F2N3O3S/c1-3-26(4-2)30(28,29)16-8-10-20(25-11-5-6-12-25)19(14-16)24-21(27)17-9-7-15(22)13-18(17)23/h7-10,13-14H,3-6,11-12H2,1-2H3,(H,24,27). The van der Waals surface area contributed by atoms with Crippen LogP contribution in [0.2, 0.25) is 0 Å². The van der Waals surface area contributed by atoms with Crippen molar-refractivity contribution in [3.63, 3.8) is 0 Å². The fourth-order valence-electron chi connectivity index (χ4n) is 3.59. The third-order valence-corrected chi connectivity index (χ3v) is 7.23. The van der Waals surface area contributed by atoms with Crippen molar-refractivity contribution < 1.29 is 22.0 Å². The van der Waals surface area contributed by atoms with Crippen molar-refractivity contribution in [3.05, 3.63) is 53.6 Å². The Morgan fingerprint density at radius 1 is 1.07 bits per heavy atom. The maximum atomic E-state index is 14.1. The van der Waals surface area contributed by atoms with Gasteiger partial charge in [0.1, 0.15) is 11.6 Å². The molecule has 3 rings (SSSR count). The number of nitrogens with zero attached hydrogens (tertiary/aromatic N) is 2. The van der Waals surface area contributed by atoms with Crippen LogP contribution in [0.4, 0.5) is 20.2 Å². The minimum atomic E-state index is -3.74. The van der Waals surface area contributed by atoms with Crippen molar-refractivity contribution in [2.45, 2.75) is 31.6 Å². The molecule has 6 nitrogen and oxygen atoms in total. The van der Waals surface area contributed by atoms with E-state index in [0.717, 1.165) is 38.1 Å². The molecule has 0 unspecified atom stereocenters. The van der Waals surface area contributed by atoms with Gasteiger partial charge in [0.25, 0.3) is 5.91 Å². The Morgan fingerprint density at radius 2 is 1.73 bits per heavy atom. The minimum Gasteiger partial charge on any atom is -0.370 e. The number of carbonyl (C=O) groups excluding carboxylic acids is 1. The van der Waals surface area contributed by atoms with Gasteiger partial charge in [0.05, 0.1) is 21.8 Å². The van der Waals surface area contributed by atoms with E-state index >= 15 is 0 Å². The lowest BCUT2D eigenvalue weighted by Gasteiger charge is -2.24. The van der Waals surface area contributed by atoms with Gasteiger partial charge in [-0.2, -0.15) is 4.31 Å². The summed E-state index contributed by atoms with van der Waals surface area (Å²) in [5, 5.41) is 2.63. The van der Waals surface area contributed by atoms with E-state index in [1.165, 1.54) is 16.4 Å². The van der Waals surface area contributed by atoms with E-state index < -0.39 is 27.6 Å². The number of hydrogen-bond donors (Lipinski definition) is 1. The van der Waals surface area contributed by atoms with Gasteiger partial charge < -0.3 is 10.2 Å². The van der Waals surface area contributed by atoms with Gasteiger partial charge in [0.15, 0.2) is 0 Å². The second kappa shape index (κ2) is 9.09. The minimum absolute atomic E-state index is 0.0454. The summed E-state index contributed by atoms with van der Waals surface area (Å²) in [6, 6.07) is 7.29. The molecule has 1 saturated heterocycles. The van der Waals surface area contributed by atoms with Crippen LogP contribution in [-0.2, 0) is 10.0 Å². The number of carbonyl (C=O) groups is 1. The van der Waals surface area contributed by atoms with Crippen LogP contribution < -0.4 is 10.2 Å². The third-order valence-electron chi connectivity index (χ3n) is 5.18. The van der Waals surface area contributed by atoms with E-state index in [9.17, 15) is 22.0 Å². The van der Waals surface area contributed by atoms with Crippen LogP contribution in [0.5, 0.6) is 0 Å². The van der Waals surface area contributed by atoms with E-state index in [0.29, 0.717) is 24.8 Å². The summed E-state index contributed by atoms with van der Waals surface area (Å²) >= 11 is 0. The first-order valence-electron chi connectivity index (χ1n) is 9.93. The number of benzene rings is 2. The molecule has 1 aliphatic heterocycles. The highest BCUT2D eigenvalue weighted by atomic mass is 32.2. The van der Waals surface area contributed by atoms with Crippen LogP contribution in [0.15, 0.2) is 41.3 Å². The molecule has 0 spiro atoms. The molecule has 1 heterocycles. The summed E-state index contributed by atoms with van der Waals surface area (Å²) in [6.07, 6.45) is 1.97. The number of nitrogens with one attached hydrogen (secondary N) is 1. The molecule has 9 heteroatoms. The number of amides is 1. The van der Waals surface area contributed by atoms with Crippen LogP contribution in [0, 0.1) is 11.6 Å². The van der Waals surface area contributed by atoms with Crippen molar-refractivity contribution in [2.24, 2.45) is 0 Å². The topological polar surface area (TPSA) is 69.7 Å². The van der Waals surface area contributed by atoms with Crippen molar-refractivity contribution >= 4 is 27.3 Å². The molecule has 1 aliphatic rings. The molecule has 0 aromatic heterocycles. The van der Waals surface area contributed by atoms with E-state index in [2.05, 4.69) is 5.32 Å². The molecule has 0 saturated carbocycles. The van der Waals surface area contributed by atoms with Crippen LogP contribution >= 0.6 is 0 Å². The molecule has 1 N–H and O–H groups in total. The maximum absolute atomic E-state index is 14.1. The van der Waals surface area contributed by atoms with Gasteiger partial charge >= 0.3 is 0 Å². The van der Waals surface area contributed by atoms with Crippen LogP contribution in [-0.4, -0.2) is 44.8 Å². The zero-order chi connectivity index (χ0) is 21.9. The predicted molar refractivity (Wildman–Crippen MR) is 112 cm³/mol. The average Bonchev–Trinajstić information content (AvgIpc) is 3.23. The van der Waals surface area contributed by atoms with E-state index in [1.54, 1.807) is 19.9 Å². The van der Waals surface area contributed by atoms with Crippen LogP contribution in [0.25, 0.3) is 0 Å². The lowest BCUT2D eigenvalue weighted by atomic mass is 10.1. The highest BCUT2D eigenvalue weighted by Crippen LogP contribution is 2.33.